The van der Waals surface area contributed by atoms with Crippen molar-refractivity contribution in [3.05, 3.63) is 35.9 Å². The van der Waals surface area contributed by atoms with E-state index in [1.807, 2.05) is 30.3 Å². The van der Waals surface area contributed by atoms with Crippen molar-refractivity contribution in [3.63, 3.8) is 0 Å². The van der Waals surface area contributed by atoms with Crippen molar-refractivity contribution in [2.45, 2.75) is 25.5 Å². The van der Waals surface area contributed by atoms with E-state index in [2.05, 4.69) is 0 Å². The molecule has 1 N–H and O–H groups in total. The lowest BCUT2D eigenvalue weighted by atomic mass is 10.1. The summed E-state index contributed by atoms with van der Waals surface area (Å²) in [5.41, 5.74) is 0.926. The Morgan fingerprint density at radius 3 is 2.76 bits per heavy atom. The summed E-state index contributed by atoms with van der Waals surface area (Å²) in [7, 11) is 1.66. The van der Waals surface area contributed by atoms with E-state index in [4.69, 9.17) is 9.84 Å². The van der Waals surface area contributed by atoms with Crippen LogP contribution in [0.25, 0.3) is 0 Å². The number of carboxylic acid groups (broad SMARTS) is 1. The van der Waals surface area contributed by atoms with Gasteiger partial charge in [0.25, 0.3) is 0 Å². The predicted octanol–water partition coefficient (Wildman–Crippen LogP) is 2.40. The summed E-state index contributed by atoms with van der Waals surface area (Å²) in [6.45, 7) is 1.09. The second kappa shape index (κ2) is 6.97. The zero-order valence-corrected chi connectivity index (χ0v) is 12.1. The number of carbonyl (C=O) groups excluding carboxylic acids is 1. The second-order valence-electron chi connectivity index (χ2n) is 5.18. The summed E-state index contributed by atoms with van der Waals surface area (Å²) in [5.74, 6) is 0. The van der Waals surface area contributed by atoms with Gasteiger partial charge in [0, 0.05) is 20.1 Å². The lowest BCUT2D eigenvalue weighted by Crippen LogP contribution is -2.50. The molecule has 6 heteroatoms. The molecule has 1 aromatic carbocycles. The molecule has 6 nitrogen and oxygen atoms in total. The molecule has 1 atom stereocenters. The van der Waals surface area contributed by atoms with Gasteiger partial charge in [-0.15, -0.1) is 0 Å². The predicted molar refractivity (Wildman–Crippen MR) is 77.0 cm³/mol. The summed E-state index contributed by atoms with van der Waals surface area (Å²) in [4.78, 5) is 25.9. The van der Waals surface area contributed by atoms with Crippen LogP contribution in [0.2, 0.25) is 0 Å². The minimum Gasteiger partial charge on any atom is -0.465 e. The number of benzene rings is 1. The molecule has 2 amide bonds. The van der Waals surface area contributed by atoms with Crippen molar-refractivity contribution in [1.82, 2.24) is 9.80 Å². The molecule has 1 aliphatic rings. The largest absolute Gasteiger partial charge is 0.465 e. The fraction of sp³-hybridized carbons (Fsp3) is 0.467. The number of hydrogen-bond acceptors (Lipinski definition) is 3. The van der Waals surface area contributed by atoms with Crippen molar-refractivity contribution < 1.29 is 19.4 Å². The number of carbonyl (C=O) groups is 2. The minimum atomic E-state index is -0.939. The van der Waals surface area contributed by atoms with E-state index in [1.54, 1.807) is 7.05 Å². The number of piperidine rings is 1. The molecule has 114 valence electrons. The van der Waals surface area contributed by atoms with Gasteiger partial charge in [0.05, 0.1) is 6.04 Å². The van der Waals surface area contributed by atoms with Gasteiger partial charge in [-0.25, -0.2) is 9.59 Å². The van der Waals surface area contributed by atoms with Crippen LogP contribution < -0.4 is 0 Å². The standard InChI is InChI=1S/C15H20N2O4/c1-16(13-8-5-9-17(10-13)14(18)19)15(20)21-11-12-6-3-2-4-7-12/h2-4,6-7,13H,5,8-11H2,1H3,(H,18,19). The summed E-state index contributed by atoms with van der Waals surface area (Å²) >= 11 is 0. The van der Waals surface area contributed by atoms with Gasteiger partial charge >= 0.3 is 12.2 Å². The molecule has 0 spiro atoms. The van der Waals surface area contributed by atoms with E-state index in [0.29, 0.717) is 13.1 Å². The van der Waals surface area contributed by atoms with Crippen LogP contribution in [-0.2, 0) is 11.3 Å². The van der Waals surface area contributed by atoms with E-state index >= 15 is 0 Å². The molecule has 0 aliphatic carbocycles. The lowest BCUT2D eigenvalue weighted by Gasteiger charge is -2.35. The van der Waals surface area contributed by atoms with Crippen molar-refractivity contribution in [3.8, 4) is 0 Å². The number of amides is 2. The van der Waals surface area contributed by atoms with Gasteiger partial charge in [0.15, 0.2) is 0 Å². The third-order valence-corrected chi connectivity index (χ3v) is 3.71. The Labute approximate surface area is 123 Å². The smallest absolute Gasteiger partial charge is 0.410 e. The van der Waals surface area contributed by atoms with Gasteiger partial charge in [-0.3, -0.25) is 0 Å². The Balaban J connectivity index is 1.85. The SMILES string of the molecule is CN(C(=O)OCc1ccccc1)C1CCCN(C(=O)O)C1. The van der Waals surface area contributed by atoms with E-state index in [1.165, 1.54) is 9.80 Å². The summed E-state index contributed by atoms with van der Waals surface area (Å²) < 4.78 is 5.26. The number of likely N-dealkylation sites (tertiary alicyclic amines) is 1. The fourth-order valence-electron chi connectivity index (χ4n) is 2.41. The molecular formula is C15H20N2O4. The topological polar surface area (TPSA) is 70.1 Å². The summed E-state index contributed by atoms with van der Waals surface area (Å²) in [6.07, 6.45) is 0.190. The van der Waals surface area contributed by atoms with E-state index in [9.17, 15) is 9.59 Å². The maximum Gasteiger partial charge on any atom is 0.410 e. The van der Waals surface area contributed by atoms with Crippen LogP contribution in [0, 0.1) is 0 Å². The molecular weight excluding hydrogens is 272 g/mol. The zero-order valence-electron chi connectivity index (χ0n) is 12.1. The van der Waals surface area contributed by atoms with Gasteiger partial charge < -0.3 is 19.6 Å². The molecule has 0 bridgehead atoms. The van der Waals surface area contributed by atoms with Crippen LogP contribution in [-0.4, -0.2) is 53.3 Å². The Morgan fingerprint density at radius 1 is 1.38 bits per heavy atom. The van der Waals surface area contributed by atoms with E-state index in [0.717, 1.165) is 18.4 Å². The van der Waals surface area contributed by atoms with Crippen LogP contribution in [0.5, 0.6) is 0 Å². The summed E-state index contributed by atoms with van der Waals surface area (Å²) in [5, 5.41) is 9.02. The van der Waals surface area contributed by atoms with Crippen LogP contribution in [0.4, 0.5) is 9.59 Å². The minimum absolute atomic E-state index is 0.127. The molecule has 21 heavy (non-hydrogen) atoms. The highest BCUT2D eigenvalue weighted by molar-refractivity contribution is 5.68. The molecule has 2 rings (SSSR count). The number of nitrogens with zero attached hydrogens (tertiary/aromatic N) is 2. The molecule has 1 aromatic rings. The van der Waals surface area contributed by atoms with E-state index in [-0.39, 0.29) is 12.6 Å². The summed E-state index contributed by atoms with van der Waals surface area (Å²) in [6, 6.07) is 9.33. The third kappa shape index (κ3) is 4.11. The van der Waals surface area contributed by atoms with Crippen LogP contribution in [0.1, 0.15) is 18.4 Å². The van der Waals surface area contributed by atoms with Gasteiger partial charge in [-0.05, 0) is 18.4 Å². The monoisotopic (exact) mass is 292 g/mol. The Kier molecular flexibility index (Phi) is 5.03. The normalized spacial score (nSPS) is 18.1. The first-order valence-electron chi connectivity index (χ1n) is 6.99. The van der Waals surface area contributed by atoms with Gasteiger partial charge in [0.1, 0.15) is 6.61 Å². The average Bonchev–Trinajstić information content (AvgIpc) is 2.53. The zero-order chi connectivity index (χ0) is 15.2. The number of likely N-dealkylation sites (N-methyl/N-ethyl adjacent to an activating group) is 1. The first kappa shape index (κ1) is 15.2. The van der Waals surface area contributed by atoms with Crippen LogP contribution in [0.15, 0.2) is 30.3 Å². The molecule has 1 unspecified atom stereocenters. The molecule has 0 radical (unpaired) electrons. The van der Waals surface area contributed by atoms with E-state index < -0.39 is 12.2 Å². The van der Waals surface area contributed by atoms with Crippen molar-refractivity contribution >= 4 is 12.2 Å². The number of ether oxygens (including phenoxy) is 1. The highest BCUT2D eigenvalue weighted by Crippen LogP contribution is 2.16. The maximum atomic E-state index is 12.0. The van der Waals surface area contributed by atoms with Gasteiger partial charge in [-0.2, -0.15) is 0 Å². The lowest BCUT2D eigenvalue weighted by molar-refractivity contribution is 0.0657. The van der Waals surface area contributed by atoms with Crippen LogP contribution in [0.3, 0.4) is 0 Å². The van der Waals surface area contributed by atoms with Crippen molar-refractivity contribution in [1.29, 1.82) is 0 Å². The molecule has 1 fully saturated rings. The first-order valence-corrected chi connectivity index (χ1v) is 6.99. The molecule has 1 aliphatic heterocycles. The average molecular weight is 292 g/mol. The molecule has 0 saturated carbocycles. The molecule has 0 aromatic heterocycles. The third-order valence-electron chi connectivity index (χ3n) is 3.71. The van der Waals surface area contributed by atoms with Gasteiger partial charge in [0.2, 0.25) is 0 Å². The Hall–Kier alpha value is -2.24. The highest BCUT2D eigenvalue weighted by Gasteiger charge is 2.28. The Bertz CT molecular complexity index is 492. The number of hydrogen-bond donors (Lipinski definition) is 1. The molecule has 1 heterocycles. The van der Waals surface area contributed by atoms with Crippen molar-refractivity contribution in [2.75, 3.05) is 20.1 Å². The maximum absolute atomic E-state index is 12.0. The fourth-order valence-corrected chi connectivity index (χ4v) is 2.41. The highest BCUT2D eigenvalue weighted by atomic mass is 16.6. The van der Waals surface area contributed by atoms with Gasteiger partial charge in [-0.1, -0.05) is 30.3 Å². The second-order valence-corrected chi connectivity index (χ2v) is 5.18. The quantitative estimate of drug-likeness (QED) is 0.928. The van der Waals surface area contributed by atoms with Crippen molar-refractivity contribution in [2.24, 2.45) is 0 Å². The molecule has 1 saturated heterocycles. The van der Waals surface area contributed by atoms with Crippen LogP contribution >= 0.6 is 0 Å². The number of rotatable bonds is 3. The Morgan fingerprint density at radius 2 is 2.10 bits per heavy atom. The first-order chi connectivity index (χ1) is 10.1.